The summed E-state index contributed by atoms with van der Waals surface area (Å²) in [5, 5.41) is 14.5. The fraction of sp³-hybridized carbons (Fsp3) is 0.294. The first-order chi connectivity index (χ1) is 12.0. The quantitative estimate of drug-likeness (QED) is 0.644. The number of aryl methyl sites for hydroxylation is 1. The molecule has 0 saturated carbocycles. The third kappa shape index (κ3) is 3.52. The van der Waals surface area contributed by atoms with Gasteiger partial charge in [0, 0.05) is 19.0 Å². The largest absolute Gasteiger partial charge is 0.364 e. The Kier molecular flexibility index (Phi) is 4.51. The van der Waals surface area contributed by atoms with Crippen LogP contribution in [0.3, 0.4) is 0 Å². The number of anilines is 1. The van der Waals surface area contributed by atoms with Gasteiger partial charge in [-0.15, -0.1) is 0 Å². The van der Waals surface area contributed by atoms with Crippen molar-refractivity contribution in [3.05, 3.63) is 57.5 Å². The van der Waals surface area contributed by atoms with E-state index in [0.717, 1.165) is 12.0 Å². The van der Waals surface area contributed by atoms with E-state index in [0.29, 0.717) is 12.4 Å². The average Bonchev–Trinajstić information content (AvgIpc) is 3.03. The molecular weight excluding hydrogens is 320 g/mol. The molecule has 2 heterocycles. The van der Waals surface area contributed by atoms with Gasteiger partial charge in [-0.05, 0) is 25.8 Å². The zero-order chi connectivity index (χ0) is 17.9. The maximum absolute atomic E-state index is 11.4. The summed E-state index contributed by atoms with van der Waals surface area (Å²) in [6.45, 7) is 3.88. The fourth-order valence-electron chi connectivity index (χ4n) is 2.60. The smallest absolute Gasteiger partial charge is 0.332 e. The Labute approximate surface area is 144 Å². The van der Waals surface area contributed by atoms with Crippen LogP contribution in [0.4, 0.5) is 11.5 Å². The second-order valence-electron chi connectivity index (χ2n) is 5.83. The molecule has 128 valence electrons. The van der Waals surface area contributed by atoms with E-state index in [-0.39, 0.29) is 17.2 Å². The van der Waals surface area contributed by atoms with Gasteiger partial charge in [-0.25, -0.2) is 9.97 Å². The number of hydrogen-bond acceptors (Lipinski definition) is 7. The number of rotatable bonds is 6. The topological polar surface area (TPSA) is 106 Å². The number of benzene rings is 1. The minimum Gasteiger partial charge on any atom is -0.364 e. The predicted molar refractivity (Wildman–Crippen MR) is 96.4 cm³/mol. The van der Waals surface area contributed by atoms with Crippen LogP contribution >= 0.6 is 0 Å². The minimum atomic E-state index is -0.935. The van der Waals surface area contributed by atoms with Gasteiger partial charge >= 0.3 is 5.69 Å². The standard InChI is InChI=1S/C17H18N6O2/c1-12-14(23(24)25)15(18-9-8-13-6-4-3-5-7-13)22-16(21-12)17(2)19-10-11-20-17/h3-7,10-11H,8-9H2,1-2H3,(H,18,21,22). The summed E-state index contributed by atoms with van der Waals surface area (Å²) in [5.74, 6) is 0.532. The van der Waals surface area contributed by atoms with Gasteiger partial charge in [0.15, 0.2) is 5.82 Å². The lowest BCUT2D eigenvalue weighted by Crippen LogP contribution is -2.21. The Morgan fingerprint density at radius 1 is 1.16 bits per heavy atom. The van der Waals surface area contributed by atoms with E-state index in [1.54, 1.807) is 26.3 Å². The van der Waals surface area contributed by atoms with Gasteiger partial charge in [0.2, 0.25) is 11.5 Å². The molecule has 2 aromatic rings. The van der Waals surface area contributed by atoms with Crippen molar-refractivity contribution in [2.24, 2.45) is 9.98 Å². The normalized spacial score (nSPS) is 14.6. The van der Waals surface area contributed by atoms with E-state index in [1.807, 2.05) is 30.3 Å². The number of aromatic nitrogens is 2. The zero-order valence-electron chi connectivity index (χ0n) is 14.0. The first kappa shape index (κ1) is 16.7. The summed E-state index contributed by atoms with van der Waals surface area (Å²) in [6, 6.07) is 9.89. The lowest BCUT2D eigenvalue weighted by molar-refractivity contribution is -0.385. The molecule has 1 aromatic carbocycles. The molecule has 0 amide bonds. The minimum absolute atomic E-state index is 0.119. The fourth-order valence-corrected chi connectivity index (χ4v) is 2.60. The highest BCUT2D eigenvalue weighted by molar-refractivity contribution is 6.17. The third-order valence-electron chi connectivity index (χ3n) is 3.93. The Balaban J connectivity index is 1.87. The van der Waals surface area contributed by atoms with Crippen molar-refractivity contribution >= 4 is 23.9 Å². The SMILES string of the molecule is Cc1nc(C2(C)N=CC=N2)nc(NCCc2ccccc2)c1[N+](=O)[O-]. The summed E-state index contributed by atoms with van der Waals surface area (Å²) >= 11 is 0. The molecular formula is C17H18N6O2. The summed E-state index contributed by atoms with van der Waals surface area (Å²) in [5.41, 5.74) is 0.373. The van der Waals surface area contributed by atoms with Crippen molar-refractivity contribution in [3.8, 4) is 0 Å². The van der Waals surface area contributed by atoms with Gasteiger partial charge in [0.05, 0.1) is 4.92 Å². The second kappa shape index (κ2) is 6.76. The summed E-state index contributed by atoms with van der Waals surface area (Å²) in [7, 11) is 0. The summed E-state index contributed by atoms with van der Waals surface area (Å²) in [6.07, 6.45) is 3.87. The molecule has 0 spiro atoms. The van der Waals surface area contributed by atoms with Crippen molar-refractivity contribution in [2.45, 2.75) is 25.9 Å². The summed E-state index contributed by atoms with van der Waals surface area (Å²) in [4.78, 5) is 28.1. The van der Waals surface area contributed by atoms with Crippen molar-refractivity contribution in [2.75, 3.05) is 11.9 Å². The highest BCUT2D eigenvalue weighted by atomic mass is 16.6. The van der Waals surface area contributed by atoms with Crippen LogP contribution in [0.2, 0.25) is 0 Å². The second-order valence-corrected chi connectivity index (χ2v) is 5.83. The molecule has 8 heteroatoms. The molecule has 25 heavy (non-hydrogen) atoms. The first-order valence-electron chi connectivity index (χ1n) is 7.90. The molecule has 1 aromatic heterocycles. The maximum atomic E-state index is 11.4. The van der Waals surface area contributed by atoms with E-state index in [2.05, 4.69) is 25.3 Å². The van der Waals surface area contributed by atoms with Gasteiger partial charge in [-0.3, -0.25) is 20.1 Å². The molecule has 0 unspecified atom stereocenters. The van der Waals surface area contributed by atoms with Crippen LogP contribution in [-0.4, -0.2) is 33.9 Å². The molecule has 0 bridgehead atoms. The van der Waals surface area contributed by atoms with E-state index in [9.17, 15) is 10.1 Å². The number of nitro groups is 1. The predicted octanol–water partition coefficient (Wildman–Crippen LogP) is 2.68. The molecule has 0 fully saturated rings. The highest BCUT2D eigenvalue weighted by Crippen LogP contribution is 2.31. The number of aliphatic imine (C=N–C) groups is 2. The molecule has 0 atom stereocenters. The van der Waals surface area contributed by atoms with Crippen molar-refractivity contribution in [1.29, 1.82) is 0 Å². The van der Waals surface area contributed by atoms with Crippen LogP contribution in [-0.2, 0) is 12.1 Å². The summed E-state index contributed by atoms with van der Waals surface area (Å²) < 4.78 is 0. The number of hydrogen-bond donors (Lipinski definition) is 1. The van der Waals surface area contributed by atoms with Gasteiger partial charge in [0.1, 0.15) is 5.69 Å². The zero-order valence-corrected chi connectivity index (χ0v) is 14.0. The van der Waals surface area contributed by atoms with E-state index in [1.165, 1.54) is 0 Å². The van der Waals surface area contributed by atoms with Crippen molar-refractivity contribution in [1.82, 2.24) is 9.97 Å². The highest BCUT2D eigenvalue weighted by Gasteiger charge is 2.33. The van der Waals surface area contributed by atoms with Gasteiger partial charge in [-0.1, -0.05) is 30.3 Å². The Hall–Kier alpha value is -3.16. The Morgan fingerprint density at radius 2 is 1.84 bits per heavy atom. The number of nitrogens with one attached hydrogen (secondary N) is 1. The monoisotopic (exact) mass is 338 g/mol. The van der Waals surface area contributed by atoms with Crippen LogP contribution in [0.1, 0.15) is 24.0 Å². The maximum Gasteiger partial charge on any atom is 0.332 e. The molecule has 0 aliphatic carbocycles. The van der Waals surface area contributed by atoms with E-state index < -0.39 is 10.6 Å². The van der Waals surface area contributed by atoms with Crippen LogP contribution in [0, 0.1) is 17.0 Å². The first-order valence-corrected chi connectivity index (χ1v) is 7.90. The van der Waals surface area contributed by atoms with Crippen LogP contribution in [0.25, 0.3) is 0 Å². The van der Waals surface area contributed by atoms with Gasteiger partial charge in [0.25, 0.3) is 0 Å². The number of nitrogens with zero attached hydrogens (tertiary/aromatic N) is 5. The lowest BCUT2D eigenvalue weighted by atomic mass is 10.1. The Bertz CT molecular complexity index is 836. The molecule has 1 N–H and O–H groups in total. The lowest BCUT2D eigenvalue weighted by Gasteiger charge is -2.17. The van der Waals surface area contributed by atoms with Gasteiger partial charge < -0.3 is 5.32 Å². The molecule has 1 aliphatic heterocycles. The molecule has 0 radical (unpaired) electrons. The molecule has 0 saturated heterocycles. The molecule has 3 rings (SSSR count). The van der Waals surface area contributed by atoms with E-state index in [4.69, 9.17) is 0 Å². The van der Waals surface area contributed by atoms with Crippen molar-refractivity contribution < 1.29 is 4.92 Å². The Morgan fingerprint density at radius 3 is 2.48 bits per heavy atom. The van der Waals surface area contributed by atoms with Crippen LogP contribution in [0.5, 0.6) is 0 Å². The average molecular weight is 338 g/mol. The van der Waals surface area contributed by atoms with Crippen LogP contribution < -0.4 is 5.32 Å². The van der Waals surface area contributed by atoms with Crippen LogP contribution in [0.15, 0.2) is 40.3 Å². The van der Waals surface area contributed by atoms with E-state index >= 15 is 0 Å². The van der Waals surface area contributed by atoms with Gasteiger partial charge in [-0.2, -0.15) is 0 Å². The van der Waals surface area contributed by atoms with Crippen molar-refractivity contribution in [3.63, 3.8) is 0 Å². The molecule has 8 nitrogen and oxygen atoms in total. The third-order valence-corrected chi connectivity index (χ3v) is 3.93. The molecule has 1 aliphatic rings.